The van der Waals surface area contributed by atoms with E-state index in [1.54, 1.807) is 6.33 Å². The Morgan fingerprint density at radius 2 is 2.12 bits per heavy atom. The van der Waals surface area contributed by atoms with Gasteiger partial charge in [0.25, 0.3) is 0 Å². The van der Waals surface area contributed by atoms with Gasteiger partial charge in [-0.05, 0) is 33.2 Å². The van der Waals surface area contributed by atoms with E-state index in [1.807, 2.05) is 0 Å². The van der Waals surface area contributed by atoms with Gasteiger partial charge in [0.05, 0.1) is 0 Å². The first-order valence-corrected chi connectivity index (χ1v) is 6.46. The minimum Gasteiger partial charge on any atom is -0.354 e. The third-order valence-electron chi connectivity index (χ3n) is 2.74. The molecule has 0 spiro atoms. The van der Waals surface area contributed by atoms with E-state index in [2.05, 4.69) is 41.7 Å². The Bertz CT molecular complexity index is 325. The van der Waals surface area contributed by atoms with E-state index in [9.17, 15) is 0 Å². The predicted molar refractivity (Wildman–Crippen MR) is 72.2 cm³/mol. The van der Waals surface area contributed by atoms with Crippen LogP contribution in [0.15, 0.2) is 12.4 Å². The first-order chi connectivity index (χ1) is 8.19. The van der Waals surface area contributed by atoms with Crippen molar-refractivity contribution >= 4 is 5.82 Å². The van der Waals surface area contributed by atoms with E-state index in [-0.39, 0.29) is 0 Å². The van der Waals surface area contributed by atoms with Gasteiger partial charge in [0, 0.05) is 24.3 Å². The molecule has 17 heavy (non-hydrogen) atoms. The number of aromatic nitrogens is 2. The molecule has 0 aromatic carbocycles. The van der Waals surface area contributed by atoms with Crippen LogP contribution in [0.3, 0.4) is 0 Å². The summed E-state index contributed by atoms with van der Waals surface area (Å²) < 4.78 is 0. The number of nitrogens with zero attached hydrogens (tertiary/aromatic N) is 3. The lowest BCUT2D eigenvalue weighted by Crippen LogP contribution is -2.33. The summed E-state index contributed by atoms with van der Waals surface area (Å²) in [6.45, 7) is 8.19. The van der Waals surface area contributed by atoms with Crippen LogP contribution in [0.4, 0.5) is 5.82 Å². The second kappa shape index (κ2) is 7.22. The van der Waals surface area contributed by atoms with Crippen LogP contribution in [-0.4, -0.2) is 29.1 Å². The summed E-state index contributed by atoms with van der Waals surface area (Å²) in [6.07, 6.45) is 4.78. The topological polar surface area (TPSA) is 55.0 Å². The average Bonchev–Trinajstić information content (AvgIpc) is 2.30. The Morgan fingerprint density at radius 1 is 1.35 bits per heavy atom. The van der Waals surface area contributed by atoms with Crippen LogP contribution in [0.1, 0.15) is 39.3 Å². The fourth-order valence-electron chi connectivity index (χ4n) is 1.83. The smallest absolute Gasteiger partial charge is 0.132 e. The van der Waals surface area contributed by atoms with Crippen molar-refractivity contribution in [2.45, 2.75) is 46.1 Å². The van der Waals surface area contributed by atoms with Crippen LogP contribution < -0.4 is 10.6 Å². The molecular weight excluding hydrogens is 212 g/mol. The summed E-state index contributed by atoms with van der Waals surface area (Å²) in [4.78, 5) is 10.9. The second-order valence-electron chi connectivity index (χ2n) is 4.55. The molecule has 0 amide bonds. The van der Waals surface area contributed by atoms with Crippen LogP contribution >= 0.6 is 0 Å². The van der Waals surface area contributed by atoms with Crippen LogP contribution in [0.25, 0.3) is 0 Å². The van der Waals surface area contributed by atoms with Crippen molar-refractivity contribution in [1.29, 1.82) is 0 Å². The highest BCUT2D eigenvalue weighted by molar-refractivity contribution is 5.39. The van der Waals surface area contributed by atoms with Gasteiger partial charge in [0.2, 0.25) is 0 Å². The Balaban J connectivity index is 2.81. The molecule has 0 unspecified atom stereocenters. The van der Waals surface area contributed by atoms with Crippen molar-refractivity contribution in [3.05, 3.63) is 18.1 Å². The summed E-state index contributed by atoms with van der Waals surface area (Å²) in [6, 6.07) is 2.53. The largest absolute Gasteiger partial charge is 0.354 e. The standard InChI is InChI=1S/C13H24N4/c1-4-6-12-9-13(16-10-15-12)17(11(2)3)8-5-7-14/h9-11H,4-8,14H2,1-3H3. The molecule has 0 saturated carbocycles. The average molecular weight is 236 g/mol. The first-order valence-electron chi connectivity index (χ1n) is 6.46. The Hall–Kier alpha value is -1.16. The lowest BCUT2D eigenvalue weighted by atomic mass is 10.2. The number of hydrogen-bond acceptors (Lipinski definition) is 4. The zero-order valence-electron chi connectivity index (χ0n) is 11.2. The third kappa shape index (κ3) is 4.30. The minimum absolute atomic E-state index is 0.436. The van der Waals surface area contributed by atoms with Crippen LogP contribution in [0.2, 0.25) is 0 Å². The van der Waals surface area contributed by atoms with Gasteiger partial charge < -0.3 is 10.6 Å². The number of rotatable bonds is 7. The molecule has 1 aromatic heterocycles. The van der Waals surface area contributed by atoms with Crippen molar-refractivity contribution in [3.63, 3.8) is 0 Å². The highest BCUT2D eigenvalue weighted by Crippen LogP contribution is 2.15. The fourth-order valence-corrected chi connectivity index (χ4v) is 1.83. The molecule has 0 aliphatic heterocycles. The molecule has 0 atom stereocenters. The minimum atomic E-state index is 0.436. The van der Waals surface area contributed by atoms with Gasteiger partial charge >= 0.3 is 0 Å². The molecule has 4 heteroatoms. The molecule has 0 bridgehead atoms. The molecule has 0 aliphatic rings. The number of hydrogen-bond donors (Lipinski definition) is 1. The Labute approximate surface area is 104 Å². The summed E-state index contributed by atoms with van der Waals surface area (Å²) in [7, 11) is 0. The van der Waals surface area contributed by atoms with E-state index in [0.717, 1.165) is 43.9 Å². The second-order valence-corrected chi connectivity index (χ2v) is 4.55. The lowest BCUT2D eigenvalue weighted by Gasteiger charge is -2.27. The maximum Gasteiger partial charge on any atom is 0.132 e. The van der Waals surface area contributed by atoms with Gasteiger partial charge in [-0.3, -0.25) is 0 Å². The van der Waals surface area contributed by atoms with Gasteiger partial charge in [-0.2, -0.15) is 0 Å². The molecule has 0 radical (unpaired) electrons. The maximum absolute atomic E-state index is 5.57. The number of aryl methyl sites for hydroxylation is 1. The van der Waals surface area contributed by atoms with Gasteiger partial charge in [0.1, 0.15) is 12.1 Å². The molecule has 1 aromatic rings. The van der Waals surface area contributed by atoms with Crippen molar-refractivity contribution in [2.75, 3.05) is 18.0 Å². The normalized spacial score (nSPS) is 10.9. The zero-order chi connectivity index (χ0) is 12.7. The van der Waals surface area contributed by atoms with Crippen molar-refractivity contribution < 1.29 is 0 Å². The zero-order valence-corrected chi connectivity index (χ0v) is 11.2. The highest BCUT2D eigenvalue weighted by Gasteiger charge is 2.11. The van der Waals surface area contributed by atoms with Crippen LogP contribution in [-0.2, 0) is 6.42 Å². The van der Waals surface area contributed by atoms with E-state index >= 15 is 0 Å². The van der Waals surface area contributed by atoms with Crippen molar-refractivity contribution in [1.82, 2.24) is 9.97 Å². The van der Waals surface area contributed by atoms with Gasteiger partial charge in [-0.15, -0.1) is 0 Å². The molecule has 0 fully saturated rings. The predicted octanol–water partition coefficient (Wildman–Crippen LogP) is 1.99. The number of nitrogens with two attached hydrogens (primary N) is 1. The van der Waals surface area contributed by atoms with Crippen molar-refractivity contribution in [2.24, 2.45) is 5.73 Å². The summed E-state index contributed by atoms with van der Waals surface area (Å²) in [5.41, 5.74) is 6.69. The monoisotopic (exact) mass is 236 g/mol. The SMILES string of the molecule is CCCc1cc(N(CCCN)C(C)C)ncn1. The lowest BCUT2D eigenvalue weighted by molar-refractivity contribution is 0.646. The van der Waals surface area contributed by atoms with Gasteiger partial charge in [-0.1, -0.05) is 13.3 Å². The van der Waals surface area contributed by atoms with E-state index in [0.29, 0.717) is 6.04 Å². The van der Waals surface area contributed by atoms with Crippen LogP contribution in [0.5, 0.6) is 0 Å². The number of anilines is 1. The highest BCUT2D eigenvalue weighted by atomic mass is 15.2. The molecule has 0 saturated heterocycles. The fraction of sp³-hybridized carbons (Fsp3) is 0.692. The molecular formula is C13H24N4. The summed E-state index contributed by atoms with van der Waals surface area (Å²) >= 11 is 0. The van der Waals surface area contributed by atoms with Crippen LogP contribution in [0, 0.1) is 0 Å². The van der Waals surface area contributed by atoms with E-state index in [1.165, 1.54) is 0 Å². The van der Waals surface area contributed by atoms with E-state index in [4.69, 9.17) is 5.73 Å². The third-order valence-corrected chi connectivity index (χ3v) is 2.74. The first kappa shape index (κ1) is 13.9. The Kier molecular flexibility index (Phi) is 5.91. The molecule has 0 aliphatic carbocycles. The van der Waals surface area contributed by atoms with Crippen molar-refractivity contribution in [3.8, 4) is 0 Å². The molecule has 1 heterocycles. The Morgan fingerprint density at radius 3 is 2.71 bits per heavy atom. The summed E-state index contributed by atoms with van der Waals surface area (Å²) in [5, 5.41) is 0. The molecule has 2 N–H and O–H groups in total. The molecule has 4 nitrogen and oxygen atoms in total. The maximum atomic E-state index is 5.57. The quantitative estimate of drug-likeness (QED) is 0.786. The molecule has 1 rings (SSSR count). The van der Waals surface area contributed by atoms with Gasteiger partial charge in [-0.25, -0.2) is 9.97 Å². The molecule has 96 valence electrons. The summed E-state index contributed by atoms with van der Waals surface area (Å²) in [5.74, 6) is 1.02. The van der Waals surface area contributed by atoms with E-state index < -0.39 is 0 Å². The van der Waals surface area contributed by atoms with Gasteiger partial charge in [0.15, 0.2) is 0 Å².